The lowest BCUT2D eigenvalue weighted by Gasteiger charge is -2.37. The molecule has 0 aliphatic heterocycles. The molecule has 1 N–H and O–H groups in total. The molecule has 0 aromatic carbocycles. The summed E-state index contributed by atoms with van der Waals surface area (Å²) in [5, 5.41) is 10.4. The fourth-order valence-electron chi connectivity index (χ4n) is 4.13. The second-order valence-corrected chi connectivity index (χ2v) is 7.44. The van der Waals surface area contributed by atoms with E-state index in [1.807, 2.05) is 13.8 Å². The van der Waals surface area contributed by atoms with Gasteiger partial charge in [-0.2, -0.15) is 0 Å². The van der Waals surface area contributed by atoms with Gasteiger partial charge in [0.1, 0.15) is 6.61 Å². The van der Waals surface area contributed by atoms with E-state index in [1.54, 1.807) is 0 Å². The Morgan fingerprint density at radius 3 is 2.80 bits per heavy atom. The number of esters is 1. The van der Waals surface area contributed by atoms with E-state index in [4.69, 9.17) is 4.74 Å². The largest absolute Gasteiger partial charge is 0.461 e. The lowest BCUT2D eigenvalue weighted by atomic mass is 9.70. The monoisotopic (exact) mass is 280 g/mol. The molecule has 3 nitrogen and oxygen atoms in total. The average molecular weight is 280 g/mol. The predicted molar refractivity (Wildman–Crippen MR) is 79.2 cm³/mol. The molecule has 3 atom stereocenters. The van der Waals surface area contributed by atoms with Crippen LogP contribution >= 0.6 is 0 Å². The molecular weight excluding hydrogens is 252 g/mol. The van der Waals surface area contributed by atoms with Gasteiger partial charge in [0.15, 0.2) is 0 Å². The number of rotatable bonds is 3. The lowest BCUT2D eigenvalue weighted by molar-refractivity contribution is -0.140. The quantitative estimate of drug-likeness (QED) is 0.636. The van der Waals surface area contributed by atoms with E-state index in [-0.39, 0.29) is 5.97 Å². The molecule has 2 aliphatic rings. The minimum atomic E-state index is -0.601. The first kappa shape index (κ1) is 15.6. The highest BCUT2D eigenvalue weighted by Crippen LogP contribution is 2.56. The van der Waals surface area contributed by atoms with Gasteiger partial charge in [-0.15, -0.1) is 0 Å². The fraction of sp³-hybridized carbons (Fsp3) is 0.824. The second-order valence-electron chi connectivity index (χ2n) is 7.44. The van der Waals surface area contributed by atoms with E-state index in [9.17, 15) is 9.90 Å². The number of fused-ring (bicyclic) bond motifs is 1. The molecule has 1 saturated carbocycles. The van der Waals surface area contributed by atoms with Crippen molar-refractivity contribution in [3.8, 4) is 0 Å². The van der Waals surface area contributed by atoms with Crippen molar-refractivity contribution in [3.05, 3.63) is 11.6 Å². The molecular formula is C17H28O3. The highest BCUT2D eigenvalue weighted by molar-refractivity contribution is 5.66. The second kappa shape index (κ2) is 5.51. The summed E-state index contributed by atoms with van der Waals surface area (Å²) in [6.45, 7) is 8.14. The van der Waals surface area contributed by atoms with Crippen LogP contribution in [0.1, 0.15) is 59.8 Å². The summed E-state index contributed by atoms with van der Waals surface area (Å²) < 4.78 is 5.13. The van der Waals surface area contributed by atoms with E-state index in [0.717, 1.165) is 25.7 Å². The van der Waals surface area contributed by atoms with Crippen molar-refractivity contribution in [2.45, 2.75) is 65.4 Å². The number of ether oxygens (including phenoxy) is 1. The molecule has 0 aromatic heterocycles. The normalized spacial score (nSPS) is 34.1. The molecule has 1 fully saturated rings. The maximum absolute atomic E-state index is 10.9. The standard InChI is InChI=1S/C17H28O3/c1-12(18)20-11-13-5-6-15-14(16(2,3)19)8-10-17(15,4)9-7-13/h5,14-15,19H,6-11H2,1-4H3. The number of aliphatic hydroxyl groups is 1. The Balaban J connectivity index is 2.09. The van der Waals surface area contributed by atoms with Crippen LogP contribution in [0.25, 0.3) is 0 Å². The van der Waals surface area contributed by atoms with Crippen molar-refractivity contribution in [1.29, 1.82) is 0 Å². The summed E-state index contributed by atoms with van der Waals surface area (Å²) in [5.74, 6) is 0.699. The van der Waals surface area contributed by atoms with E-state index in [1.165, 1.54) is 18.9 Å². The summed E-state index contributed by atoms with van der Waals surface area (Å²) in [5.41, 5.74) is 0.959. The third kappa shape index (κ3) is 3.25. The maximum atomic E-state index is 10.9. The van der Waals surface area contributed by atoms with Crippen LogP contribution in [0.4, 0.5) is 0 Å². The van der Waals surface area contributed by atoms with Gasteiger partial charge in [-0.1, -0.05) is 13.0 Å². The zero-order valence-electron chi connectivity index (χ0n) is 13.2. The highest BCUT2D eigenvalue weighted by atomic mass is 16.5. The van der Waals surface area contributed by atoms with E-state index in [2.05, 4.69) is 13.0 Å². The van der Waals surface area contributed by atoms with Gasteiger partial charge in [-0.05, 0) is 68.8 Å². The smallest absolute Gasteiger partial charge is 0.302 e. The van der Waals surface area contributed by atoms with Crippen LogP contribution in [-0.4, -0.2) is 23.3 Å². The van der Waals surface area contributed by atoms with Gasteiger partial charge >= 0.3 is 5.97 Å². The van der Waals surface area contributed by atoms with Gasteiger partial charge in [-0.25, -0.2) is 0 Å². The van der Waals surface area contributed by atoms with Crippen molar-refractivity contribution >= 4 is 5.97 Å². The summed E-state index contributed by atoms with van der Waals surface area (Å²) >= 11 is 0. The first-order valence-electron chi connectivity index (χ1n) is 7.76. The minimum absolute atomic E-state index is 0.212. The number of allylic oxidation sites excluding steroid dienone is 1. The van der Waals surface area contributed by atoms with E-state index >= 15 is 0 Å². The number of hydrogen-bond acceptors (Lipinski definition) is 3. The summed E-state index contributed by atoms with van der Waals surface area (Å²) in [6, 6.07) is 0. The highest BCUT2D eigenvalue weighted by Gasteiger charge is 2.49. The van der Waals surface area contributed by atoms with Crippen LogP contribution in [0, 0.1) is 17.3 Å². The van der Waals surface area contributed by atoms with Gasteiger partial charge < -0.3 is 9.84 Å². The summed E-state index contributed by atoms with van der Waals surface area (Å²) in [4.78, 5) is 10.9. The Morgan fingerprint density at radius 2 is 2.20 bits per heavy atom. The van der Waals surface area contributed by atoms with Crippen molar-refractivity contribution in [2.75, 3.05) is 6.61 Å². The molecule has 20 heavy (non-hydrogen) atoms. The topological polar surface area (TPSA) is 46.5 Å². The molecule has 0 saturated heterocycles. The first-order chi connectivity index (χ1) is 9.22. The van der Waals surface area contributed by atoms with Crippen LogP contribution in [0.3, 0.4) is 0 Å². The molecule has 0 radical (unpaired) electrons. The van der Waals surface area contributed by atoms with Crippen LogP contribution < -0.4 is 0 Å². The molecule has 2 rings (SSSR count). The number of carbonyl (C=O) groups is 1. The van der Waals surface area contributed by atoms with Crippen LogP contribution in [0.2, 0.25) is 0 Å². The van der Waals surface area contributed by atoms with Crippen molar-refractivity contribution in [1.82, 2.24) is 0 Å². The molecule has 0 aromatic rings. The Hall–Kier alpha value is -0.830. The predicted octanol–water partition coefficient (Wildman–Crippen LogP) is 3.46. The molecule has 114 valence electrons. The molecule has 3 heteroatoms. The Morgan fingerprint density at radius 1 is 1.50 bits per heavy atom. The number of carbonyl (C=O) groups excluding carboxylic acids is 1. The Labute approximate surface area is 122 Å². The fourth-order valence-corrected chi connectivity index (χ4v) is 4.13. The van der Waals surface area contributed by atoms with Gasteiger partial charge in [0.2, 0.25) is 0 Å². The summed E-state index contributed by atoms with van der Waals surface area (Å²) in [7, 11) is 0. The lowest BCUT2D eigenvalue weighted by Crippen LogP contribution is -2.37. The zero-order chi connectivity index (χ0) is 15.0. The molecule has 2 aliphatic carbocycles. The van der Waals surface area contributed by atoms with Crippen LogP contribution in [0.5, 0.6) is 0 Å². The molecule has 0 bridgehead atoms. The van der Waals surface area contributed by atoms with Gasteiger partial charge in [0.25, 0.3) is 0 Å². The van der Waals surface area contributed by atoms with Crippen molar-refractivity contribution < 1.29 is 14.6 Å². The van der Waals surface area contributed by atoms with E-state index < -0.39 is 5.60 Å². The Bertz CT molecular complexity index is 405. The van der Waals surface area contributed by atoms with Gasteiger partial charge in [-0.3, -0.25) is 4.79 Å². The first-order valence-corrected chi connectivity index (χ1v) is 7.76. The van der Waals surface area contributed by atoms with Crippen molar-refractivity contribution in [2.24, 2.45) is 17.3 Å². The molecule has 0 heterocycles. The Kier molecular flexibility index (Phi) is 4.29. The van der Waals surface area contributed by atoms with Crippen molar-refractivity contribution in [3.63, 3.8) is 0 Å². The molecule has 0 amide bonds. The van der Waals surface area contributed by atoms with Crippen LogP contribution in [0.15, 0.2) is 11.6 Å². The SMILES string of the molecule is CC(=O)OCC1=CCC2C(C(C)(C)O)CCC2(C)CC1. The van der Waals surface area contributed by atoms with Crippen LogP contribution in [-0.2, 0) is 9.53 Å². The zero-order valence-corrected chi connectivity index (χ0v) is 13.2. The molecule has 0 spiro atoms. The molecule has 3 unspecified atom stereocenters. The number of hydrogen-bond donors (Lipinski definition) is 1. The maximum Gasteiger partial charge on any atom is 0.302 e. The summed E-state index contributed by atoms with van der Waals surface area (Å²) in [6.07, 6.45) is 7.72. The average Bonchev–Trinajstić information content (AvgIpc) is 2.57. The van der Waals surface area contributed by atoms with Gasteiger partial charge in [0.05, 0.1) is 5.60 Å². The van der Waals surface area contributed by atoms with E-state index in [0.29, 0.717) is 23.9 Å². The third-order valence-electron chi connectivity index (χ3n) is 5.45. The third-order valence-corrected chi connectivity index (χ3v) is 5.45. The van der Waals surface area contributed by atoms with Gasteiger partial charge in [0, 0.05) is 6.92 Å². The minimum Gasteiger partial charge on any atom is -0.461 e.